The second-order valence-electron chi connectivity index (χ2n) is 9.46. The number of nitro groups is 2. The molecule has 0 saturated carbocycles. The number of nitrogens with one attached hydrogen (secondary N) is 1. The summed E-state index contributed by atoms with van der Waals surface area (Å²) in [6.45, 7) is 3.01. The highest BCUT2D eigenvalue weighted by atomic mass is 16.6. The molecule has 0 bridgehead atoms. The number of hydrogen-bond donors (Lipinski definition) is 1. The minimum Gasteiger partial charge on any atom is -0.355 e. The molecule has 0 saturated heterocycles. The molecule has 0 amide bonds. The van der Waals surface area contributed by atoms with E-state index in [0.29, 0.717) is 0 Å². The van der Waals surface area contributed by atoms with Gasteiger partial charge in [0.1, 0.15) is 0 Å². The summed E-state index contributed by atoms with van der Waals surface area (Å²) in [5.41, 5.74) is 6.75. The molecule has 8 nitrogen and oxygen atoms in total. The highest BCUT2D eigenvalue weighted by Crippen LogP contribution is 2.36. The molecule has 0 atom stereocenters. The third-order valence-electron chi connectivity index (χ3n) is 7.24. The van der Waals surface area contributed by atoms with Crippen LogP contribution in [0.2, 0.25) is 0 Å². The number of para-hydroxylation sites is 1. The normalized spacial score (nSPS) is 13.7. The fraction of sp³-hybridized carbons (Fsp3) is 0.0968. The zero-order valence-electron chi connectivity index (χ0n) is 21.1. The van der Waals surface area contributed by atoms with Gasteiger partial charge in [0, 0.05) is 69.9 Å². The molecule has 0 radical (unpaired) electrons. The van der Waals surface area contributed by atoms with Crippen molar-refractivity contribution in [3.8, 4) is 0 Å². The molecular formula is C31H24N4O4. The predicted molar refractivity (Wildman–Crippen MR) is 153 cm³/mol. The van der Waals surface area contributed by atoms with Crippen LogP contribution in [-0.4, -0.2) is 14.4 Å². The van der Waals surface area contributed by atoms with Gasteiger partial charge < -0.3 is 9.88 Å². The molecule has 6 rings (SSSR count). The standard InChI is InChI=1S/C31H24N4O4/c1-2-33-30-6-4-3-5-26(30)27-17-22(11-16-31(27)33)23-18-28(20-7-12-24(13-8-20)34(36)37)32-29(19-23)21-9-14-25(15-10-21)35(38)39/h3-19,23,32H,2H2,1H3. The molecule has 4 aromatic carbocycles. The molecule has 8 heteroatoms. The van der Waals surface area contributed by atoms with Crippen molar-refractivity contribution in [2.75, 3.05) is 0 Å². The second-order valence-corrected chi connectivity index (χ2v) is 9.46. The van der Waals surface area contributed by atoms with Crippen molar-refractivity contribution in [1.29, 1.82) is 0 Å². The molecule has 1 aliphatic heterocycles. The van der Waals surface area contributed by atoms with Gasteiger partial charge >= 0.3 is 0 Å². The van der Waals surface area contributed by atoms with Gasteiger partial charge in [-0.05, 0) is 78.2 Å². The highest BCUT2D eigenvalue weighted by Gasteiger charge is 2.20. The lowest BCUT2D eigenvalue weighted by Gasteiger charge is -2.24. The number of aryl methyl sites for hydroxylation is 1. The number of hydrogen-bond acceptors (Lipinski definition) is 5. The molecule has 192 valence electrons. The van der Waals surface area contributed by atoms with Crippen LogP contribution in [0.3, 0.4) is 0 Å². The van der Waals surface area contributed by atoms with Crippen LogP contribution in [0.25, 0.3) is 33.2 Å². The van der Waals surface area contributed by atoms with Gasteiger partial charge in [-0.3, -0.25) is 20.2 Å². The maximum absolute atomic E-state index is 11.2. The van der Waals surface area contributed by atoms with E-state index in [1.165, 1.54) is 46.1 Å². The third kappa shape index (κ3) is 4.31. The number of fused-ring (bicyclic) bond motifs is 3. The summed E-state index contributed by atoms with van der Waals surface area (Å²) in [7, 11) is 0. The summed E-state index contributed by atoms with van der Waals surface area (Å²) in [6, 6.07) is 27.8. The molecule has 1 aromatic heterocycles. The number of nitrogens with zero attached hydrogens (tertiary/aromatic N) is 3. The summed E-state index contributed by atoms with van der Waals surface area (Å²) in [5, 5.41) is 28.2. The number of dihydropyridines is 1. The summed E-state index contributed by atoms with van der Waals surface area (Å²) >= 11 is 0. The summed E-state index contributed by atoms with van der Waals surface area (Å²) in [5.74, 6) is -0.102. The Morgan fingerprint density at radius 3 is 1.79 bits per heavy atom. The van der Waals surface area contributed by atoms with Crippen molar-refractivity contribution in [2.24, 2.45) is 0 Å². The number of allylic oxidation sites excluding steroid dienone is 2. The number of benzene rings is 4. The number of nitro benzene ring substituents is 2. The van der Waals surface area contributed by atoms with Gasteiger partial charge in [-0.2, -0.15) is 0 Å². The Balaban J connectivity index is 1.48. The van der Waals surface area contributed by atoms with Crippen molar-refractivity contribution < 1.29 is 9.85 Å². The van der Waals surface area contributed by atoms with Crippen molar-refractivity contribution >= 4 is 44.6 Å². The number of non-ortho nitro benzene ring substituents is 2. The molecule has 39 heavy (non-hydrogen) atoms. The van der Waals surface area contributed by atoms with Gasteiger partial charge in [0.05, 0.1) is 9.85 Å². The highest BCUT2D eigenvalue weighted by molar-refractivity contribution is 6.08. The number of rotatable bonds is 6. The van der Waals surface area contributed by atoms with Gasteiger partial charge in [0.25, 0.3) is 11.4 Å². The monoisotopic (exact) mass is 516 g/mol. The smallest absolute Gasteiger partial charge is 0.269 e. The zero-order chi connectivity index (χ0) is 27.1. The van der Waals surface area contributed by atoms with Crippen LogP contribution in [0.4, 0.5) is 11.4 Å². The van der Waals surface area contributed by atoms with Crippen LogP contribution in [-0.2, 0) is 6.54 Å². The quantitative estimate of drug-likeness (QED) is 0.187. The Labute approximate surface area is 223 Å². The minimum atomic E-state index is -0.417. The van der Waals surface area contributed by atoms with Crippen LogP contribution in [0.15, 0.2) is 103 Å². The topological polar surface area (TPSA) is 103 Å². The first-order valence-electron chi connectivity index (χ1n) is 12.6. The van der Waals surface area contributed by atoms with Gasteiger partial charge in [-0.25, -0.2) is 0 Å². The van der Waals surface area contributed by atoms with E-state index in [9.17, 15) is 20.2 Å². The van der Waals surface area contributed by atoms with E-state index in [1.54, 1.807) is 24.3 Å². The van der Waals surface area contributed by atoms with Crippen LogP contribution in [0.1, 0.15) is 29.5 Å². The molecule has 5 aromatic rings. The van der Waals surface area contributed by atoms with Crippen molar-refractivity contribution in [1.82, 2.24) is 9.88 Å². The molecule has 0 fully saturated rings. The van der Waals surface area contributed by atoms with E-state index >= 15 is 0 Å². The van der Waals surface area contributed by atoms with E-state index in [4.69, 9.17) is 0 Å². The summed E-state index contributed by atoms with van der Waals surface area (Å²) in [4.78, 5) is 21.5. The first kappa shape index (κ1) is 24.1. The Kier molecular flexibility index (Phi) is 5.92. The average molecular weight is 517 g/mol. The van der Waals surface area contributed by atoms with E-state index in [2.05, 4.69) is 71.4 Å². The van der Waals surface area contributed by atoms with E-state index in [0.717, 1.165) is 34.6 Å². The van der Waals surface area contributed by atoms with E-state index in [-0.39, 0.29) is 17.3 Å². The fourth-order valence-corrected chi connectivity index (χ4v) is 5.31. The molecule has 0 unspecified atom stereocenters. The van der Waals surface area contributed by atoms with E-state index < -0.39 is 9.85 Å². The molecule has 0 spiro atoms. The lowest BCUT2D eigenvalue weighted by molar-refractivity contribution is -0.385. The Bertz CT molecular complexity index is 1740. The molecular weight excluding hydrogens is 492 g/mol. The Morgan fingerprint density at radius 1 is 0.718 bits per heavy atom. The first-order valence-corrected chi connectivity index (χ1v) is 12.6. The first-order chi connectivity index (χ1) is 18.9. The van der Waals surface area contributed by atoms with Crippen LogP contribution >= 0.6 is 0 Å². The predicted octanol–water partition coefficient (Wildman–Crippen LogP) is 7.40. The van der Waals surface area contributed by atoms with Crippen molar-refractivity contribution in [3.63, 3.8) is 0 Å². The summed E-state index contributed by atoms with van der Waals surface area (Å²) in [6.07, 6.45) is 4.21. The Hall–Kier alpha value is -5.24. The average Bonchev–Trinajstić information content (AvgIpc) is 3.30. The van der Waals surface area contributed by atoms with Gasteiger partial charge in [0.2, 0.25) is 0 Å². The lowest BCUT2D eigenvalue weighted by Crippen LogP contribution is -2.17. The van der Waals surface area contributed by atoms with Crippen molar-refractivity contribution in [3.05, 3.63) is 140 Å². The van der Waals surface area contributed by atoms with Gasteiger partial charge in [0.15, 0.2) is 0 Å². The van der Waals surface area contributed by atoms with Gasteiger partial charge in [-0.1, -0.05) is 24.3 Å². The van der Waals surface area contributed by atoms with Crippen LogP contribution < -0.4 is 5.32 Å². The summed E-state index contributed by atoms with van der Waals surface area (Å²) < 4.78 is 2.31. The molecule has 2 heterocycles. The second kappa shape index (κ2) is 9.57. The lowest BCUT2D eigenvalue weighted by atomic mass is 9.90. The molecule has 0 aliphatic carbocycles. The number of aromatic nitrogens is 1. The fourth-order valence-electron chi connectivity index (χ4n) is 5.31. The maximum Gasteiger partial charge on any atom is 0.269 e. The Morgan fingerprint density at radius 2 is 1.26 bits per heavy atom. The van der Waals surface area contributed by atoms with E-state index in [1.807, 2.05) is 0 Å². The molecule has 1 aliphatic rings. The largest absolute Gasteiger partial charge is 0.355 e. The third-order valence-corrected chi connectivity index (χ3v) is 7.24. The SMILES string of the molecule is CCn1c2ccccc2c2cc(C3C=C(c4ccc([N+](=O)[O-])cc4)NC(c4ccc([N+](=O)[O-])cc4)=C3)ccc21. The zero-order valence-corrected chi connectivity index (χ0v) is 21.1. The molecule has 1 N–H and O–H groups in total. The van der Waals surface area contributed by atoms with Crippen LogP contribution in [0, 0.1) is 20.2 Å². The van der Waals surface area contributed by atoms with Crippen molar-refractivity contribution in [2.45, 2.75) is 19.4 Å². The maximum atomic E-state index is 11.2. The van der Waals surface area contributed by atoms with Gasteiger partial charge in [-0.15, -0.1) is 0 Å². The minimum absolute atomic E-state index is 0.0237. The van der Waals surface area contributed by atoms with Crippen LogP contribution in [0.5, 0.6) is 0 Å².